The van der Waals surface area contributed by atoms with Crippen LogP contribution in [0.25, 0.3) is 0 Å². The summed E-state index contributed by atoms with van der Waals surface area (Å²) in [5.74, 6) is 0.711. The number of hydrogen-bond acceptors (Lipinski definition) is 4. The molecule has 0 radical (unpaired) electrons. The molecule has 13 heavy (non-hydrogen) atoms. The molecular weight excluding hydrogens is 168 g/mol. The highest BCUT2D eigenvalue weighted by molar-refractivity contribution is 5.83. The van der Waals surface area contributed by atoms with Crippen LogP contribution < -0.4 is 10.1 Å². The van der Waals surface area contributed by atoms with Gasteiger partial charge in [-0.25, -0.2) is 4.99 Å². The predicted octanol–water partition coefficient (Wildman–Crippen LogP) is 1.14. The lowest BCUT2D eigenvalue weighted by atomic mass is 10.1. The van der Waals surface area contributed by atoms with Gasteiger partial charge < -0.3 is 15.2 Å². The first-order chi connectivity index (χ1) is 6.33. The van der Waals surface area contributed by atoms with Crippen LogP contribution in [0.3, 0.4) is 0 Å². The second-order valence-electron chi connectivity index (χ2n) is 2.72. The first-order valence-corrected chi connectivity index (χ1v) is 3.96. The molecule has 0 saturated heterocycles. The van der Waals surface area contributed by atoms with Gasteiger partial charge in [-0.1, -0.05) is 12.1 Å². The molecule has 68 valence electrons. The molecule has 1 aliphatic rings. The molecule has 0 aliphatic carbocycles. The Balaban J connectivity index is 2.52. The number of fused-ring (bicyclic) bond motifs is 1. The van der Waals surface area contributed by atoms with E-state index in [0.29, 0.717) is 5.75 Å². The van der Waals surface area contributed by atoms with E-state index in [4.69, 9.17) is 4.74 Å². The first kappa shape index (κ1) is 8.07. The Morgan fingerprint density at radius 1 is 1.54 bits per heavy atom. The van der Waals surface area contributed by atoms with Gasteiger partial charge in [0, 0.05) is 5.56 Å². The maximum atomic E-state index is 9.49. The van der Waals surface area contributed by atoms with Crippen LogP contribution in [-0.4, -0.2) is 18.6 Å². The minimum absolute atomic E-state index is 0.711. The summed E-state index contributed by atoms with van der Waals surface area (Å²) in [5.41, 5.74) is 1.52. The molecule has 4 nitrogen and oxygen atoms in total. The summed E-state index contributed by atoms with van der Waals surface area (Å²) in [6.45, 7) is 0. The normalized spacial score (nSPS) is 19.1. The van der Waals surface area contributed by atoms with Crippen molar-refractivity contribution in [1.29, 1.82) is 0 Å². The van der Waals surface area contributed by atoms with Crippen molar-refractivity contribution in [2.45, 2.75) is 6.23 Å². The number of methoxy groups -OCH3 is 1. The third-order valence-electron chi connectivity index (χ3n) is 1.98. The van der Waals surface area contributed by atoms with Gasteiger partial charge in [0.15, 0.2) is 6.23 Å². The van der Waals surface area contributed by atoms with Gasteiger partial charge in [0.25, 0.3) is 0 Å². The summed E-state index contributed by atoms with van der Waals surface area (Å²) in [7, 11) is 1.59. The molecule has 0 fully saturated rings. The molecule has 1 aliphatic heterocycles. The molecule has 4 heteroatoms. The fourth-order valence-electron chi connectivity index (χ4n) is 1.34. The zero-order valence-corrected chi connectivity index (χ0v) is 7.19. The number of rotatable bonds is 1. The quantitative estimate of drug-likeness (QED) is 0.678. The van der Waals surface area contributed by atoms with E-state index < -0.39 is 6.23 Å². The highest BCUT2D eigenvalue weighted by Gasteiger charge is 2.17. The van der Waals surface area contributed by atoms with Crippen molar-refractivity contribution in [1.82, 2.24) is 0 Å². The molecule has 1 aromatic rings. The number of aliphatic imine (C=N–C) groups is 1. The summed E-state index contributed by atoms with van der Waals surface area (Å²) in [6.07, 6.45) is 0.682. The maximum Gasteiger partial charge on any atom is 0.175 e. The summed E-state index contributed by atoms with van der Waals surface area (Å²) < 4.78 is 5.13. The van der Waals surface area contributed by atoms with Gasteiger partial charge in [0.2, 0.25) is 0 Å². The average molecular weight is 178 g/mol. The molecule has 0 saturated carbocycles. The van der Waals surface area contributed by atoms with Crippen molar-refractivity contribution in [2.75, 3.05) is 12.4 Å². The number of aliphatic hydroxyl groups is 1. The van der Waals surface area contributed by atoms with Crippen LogP contribution in [0.2, 0.25) is 0 Å². The van der Waals surface area contributed by atoms with E-state index in [1.54, 1.807) is 7.11 Å². The Morgan fingerprint density at radius 2 is 2.38 bits per heavy atom. The van der Waals surface area contributed by atoms with Gasteiger partial charge in [-0.3, -0.25) is 0 Å². The van der Waals surface area contributed by atoms with Crippen molar-refractivity contribution in [2.24, 2.45) is 4.99 Å². The summed E-state index contributed by atoms with van der Waals surface area (Å²) in [6, 6.07) is 5.47. The lowest BCUT2D eigenvalue weighted by molar-refractivity contribution is 0.188. The minimum Gasteiger partial charge on any atom is -0.495 e. The number of para-hydroxylation sites is 1. The topological polar surface area (TPSA) is 53.8 Å². The van der Waals surface area contributed by atoms with Crippen molar-refractivity contribution >= 4 is 12.0 Å². The number of anilines is 1. The minimum atomic E-state index is -0.786. The van der Waals surface area contributed by atoms with Gasteiger partial charge in [-0.05, 0) is 6.07 Å². The predicted molar refractivity (Wildman–Crippen MR) is 50.1 cm³/mol. The number of nitrogens with zero attached hydrogens (tertiary/aromatic N) is 1. The fourth-order valence-corrected chi connectivity index (χ4v) is 1.34. The Kier molecular flexibility index (Phi) is 1.90. The molecule has 1 heterocycles. The molecule has 1 aromatic carbocycles. The zero-order chi connectivity index (χ0) is 9.26. The number of hydrogen-bond donors (Lipinski definition) is 2. The van der Waals surface area contributed by atoms with Crippen molar-refractivity contribution < 1.29 is 9.84 Å². The molecule has 0 bridgehead atoms. The van der Waals surface area contributed by atoms with E-state index in [1.807, 2.05) is 18.2 Å². The van der Waals surface area contributed by atoms with Crippen molar-refractivity contribution in [3.8, 4) is 5.75 Å². The third kappa shape index (κ3) is 1.25. The number of aliphatic hydroxyl groups excluding tert-OH is 1. The van der Waals surface area contributed by atoms with E-state index >= 15 is 0 Å². The molecule has 2 rings (SSSR count). The molecule has 1 atom stereocenters. The van der Waals surface area contributed by atoms with Crippen molar-refractivity contribution in [3.63, 3.8) is 0 Å². The zero-order valence-electron chi connectivity index (χ0n) is 7.19. The lowest BCUT2D eigenvalue weighted by Crippen LogP contribution is -2.10. The van der Waals surface area contributed by atoms with Gasteiger partial charge in [-0.15, -0.1) is 0 Å². The Hall–Kier alpha value is -1.55. The second-order valence-corrected chi connectivity index (χ2v) is 2.72. The fraction of sp³-hybridized carbons (Fsp3) is 0.222. The standard InChI is InChI=1S/C9H10N2O2/c1-13-7-4-2-3-6-8(7)10-5-11-9(6)12/h2-5,9,12H,1H3,(H,10,11). The molecule has 0 amide bonds. The van der Waals surface area contributed by atoms with Crippen LogP contribution in [0.5, 0.6) is 5.75 Å². The highest BCUT2D eigenvalue weighted by Crippen LogP contribution is 2.34. The molecule has 1 unspecified atom stereocenters. The van der Waals surface area contributed by atoms with E-state index in [0.717, 1.165) is 11.3 Å². The number of ether oxygens (including phenoxy) is 1. The summed E-state index contributed by atoms with van der Waals surface area (Å²) in [5, 5.41) is 12.4. The smallest absolute Gasteiger partial charge is 0.175 e. The van der Waals surface area contributed by atoms with Crippen LogP contribution in [0.15, 0.2) is 23.2 Å². The summed E-state index contributed by atoms with van der Waals surface area (Å²) in [4.78, 5) is 3.81. The van der Waals surface area contributed by atoms with E-state index in [1.165, 1.54) is 6.34 Å². The van der Waals surface area contributed by atoms with E-state index in [9.17, 15) is 5.11 Å². The van der Waals surface area contributed by atoms with E-state index in [2.05, 4.69) is 10.3 Å². The Morgan fingerprint density at radius 3 is 3.15 bits per heavy atom. The molecule has 0 spiro atoms. The van der Waals surface area contributed by atoms with Gasteiger partial charge in [0.1, 0.15) is 5.75 Å². The maximum absolute atomic E-state index is 9.49. The lowest BCUT2D eigenvalue weighted by Gasteiger charge is -2.18. The van der Waals surface area contributed by atoms with Gasteiger partial charge >= 0.3 is 0 Å². The molecule has 0 aromatic heterocycles. The van der Waals surface area contributed by atoms with Crippen LogP contribution >= 0.6 is 0 Å². The van der Waals surface area contributed by atoms with Crippen molar-refractivity contribution in [3.05, 3.63) is 23.8 Å². The van der Waals surface area contributed by atoms with E-state index in [-0.39, 0.29) is 0 Å². The van der Waals surface area contributed by atoms with Crippen LogP contribution in [0, 0.1) is 0 Å². The molecule has 2 N–H and O–H groups in total. The van der Waals surface area contributed by atoms with Gasteiger partial charge in [0.05, 0.1) is 19.1 Å². The average Bonchev–Trinajstić information content (AvgIpc) is 2.18. The summed E-state index contributed by atoms with van der Waals surface area (Å²) >= 11 is 0. The first-order valence-electron chi connectivity index (χ1n) is 3.96. The third-order valence-corrected chi connectivity index (χ3v) is 1.98. The Bertz CT molecular complexity index is 349. The van der Waals surface area contributed by atoms with Crippen LogP contribution in [0.4, 0.5) is 5.69 Å². The second kappa shape index (κ2) is 3.06. The highest BCUT2D eigenvalue weighted by atomic mass is 16.5. The monoisotopic (exact) mass is 178 g/mol. The number of nitrogens with one attached hydrogen (secondary N) is 1. The van der Waals surface area contributed by atoms with Gasteiger partial charge in [-0.2, -0.15) is 0 Å². The Labute approximate surface area is 75.9 Å². The van der Waals surface area contributed by atoms with Crippen LogP contribution in [-0.2, 0) is 0 Å². The number of benzene rings is 1. The molecular formula is C9H10N2O2. The SMILES string of the molecule is COc1cccc2c1NC=NC2O. The van der Waals surface area contributed by atoms with Crippen LogP contribution in [0.1, 0.15) is 11.8 Å². The largest absolute Gasteiger partial charge is 0.495 e.